The van der Waals surface area contributed by atoms with Crippen LogP contribution in [0.15, 0.2) is 55.0 Å². The van der Waals surface area contributed by atoms with Crippen molar-refractivity contribution in [1.29, 1.82) is 0 Å². The van der Waals surface area contributed by atoms with E-state index in [-0.39, 0.29) is 5.91 Å². The lowest BCUT2D eigenvalue weighted by Gasteiger charge is -2.37. The number of anilines is 1. The van der Waals surface area contributed by atoms with E-state index in [9.17, 15) is 4.79 Å². The standard InChI is InChI=1S/C23H26N4O/c1-17-4-5-18(2)21(14-17)26-10-12-27(13-11-26)23(28)22-15-20(16-25(22)3)19-6-8-24-9-7-19/h4-9,14-16H,10-13H2,1-3H3. The number of amides is 1. The summed E-state index contributed by atoms with van der Waals surface area (Å²) in [6, 6.07) is 12.5. The van der Waals surface area contributed by atoms with Crippen LogP contribution < -0.4 is 4.90 Å². The van der Waals surface area contributed by atoms with Crippen molar-refractivity contribution in [2.75, 3.05) is 31.1 Å². The van der Waals surface area contributed by atoms with Gasteiger partial charge in [-0.1, -0.05) is 12.1 Å². The van der Waals surface area contributed by atoms with Gasteiger partial charge in [-0.25, -0.2) is 0 Å². The molecule has 1 aliphatic heterocycles. The van der Waals surface area contributed by atoms with Crippen molar-refractivity contribution in [2.24, 2.45) is 7.05 Å². The van der Waals surface area contributed by atoms with Crippen molar-refractivity contribution in [2.45, 2.75) is 13.8 Å². The van der Waals surface area contributed by atoms with Gasteiger partial charge in [0.05, 0.1) is 0 Å². The second-order valence-electron chi connectivity index (χ2n) is 7.53. The summed E-state index contributed by atoms with van der Waals surface area (Å²) >= 11 is 0. The molecule has 144 valence electrons. The Balaban J connectivity index is 1.47. The first-order valence-corrected chi connectivity index (χ1v) is 9.71. The number of benzene rings is 1. The Kier molecular flexibility index (Phi) is 4.90. The summed E-state index contributed by atoms with van der Waals surface area (Å²) in [6.45, 7) is 7.47. The van der Waals surface area contributed by atoms with Crippen LogP contribution in [-0.4, -0.2) is 46.5 Å². The van der Waals surface area contributed by atoms with Crippen molar-refractivity contribution in [3.63, 3.8) is 0 Å². The molecule has 2 aromatic heterocycles. The fourth-order valence-electron chi connectivity index (χ4n) is 3.85. The van der Waals surface area contributed by atoms with Crippen LogP contribution in [-0.2, 0) is 7.05 Å². The minimum atomic E-state index is 0.100. The number of piperazine rings is 1. The van der Waals surface area contributed by atoms with E-state index < -0.39 is 0 Å². The summed E-state index contributed by atoms with van der Waals surface area (Å²) in [5.74, 6) is 0.100. The molecule has 28 heavy (non-hydrogen) atoms. The van der Waals surface area contributed by atoms with Crippen LogP contribution in [0, 0.1) is 13.8 Å². The third kappa shape index (κ3) is 3.52. The van der Waals surface area contributed by atoms with E-state index in [0.717, 1.165) is 43.0 Å². The van der Waals surface area contributed by atoms with Crippen molar-refractivity contribution in [3.05, 3.63) is 71.8 Å². The number of hydrogen-bond acceptors (Lipinski definition) is 3. The van der Waals surface area contributed by atoms with Crippen molar-refractivity contribution >= 4 is 11.6 Å². The van der Waals surface area contributed by atoms with Crippen LogP contribution in [0.5, 0.6) is 0 Å². The van der Waals surface area contributed by atoms with Gasteiger partial charge in [-0.3, -0.25) is 9.78 Å². The Labute approximate surface area is 166 Å². The quantitative estimate of drug-likeness (QED) is 0.702. The minimum absolute atomic E-state index is 0.100. The van der Waals surface area contributed by atoms with Gasteiger partial charge in [0.15, 0.2) is 0 Å². The molecule has 1 fully saturated rings. The monoisotopic (exact) mass is 374 g/mol. The predicted molar refractivity (Wildman–Crippen MR) is 113 cm³/mol. The van der Waals surface area contributed by atoms with Crippen LogP contribution in [0.1, 0.15) is 21.6 Å². The molecule has 1 aromatic carbocycles. The molecule has 1 amide bonds. The van der Waals surface area contributed by atoms with Crippen LogP contribution in [0.3, 0.4) is 0 Å². The van der Waals surface area contributed by atoms with Gasteiger partial charge in [0.1, 0.15) is 5.69 Å². The minimum Gasteiger partial charge on any atom is -0.368 e. The van der Waals surface area contributed by atoms with E-state index in [1.165, 1.54) is 16.8 Å². The van der Waals surface area contributed by atoms with Crippen LogP contribution in [0.2, 0.25) is 0 Å². The molecule has 0 N–H and O–H groups in total. The molecule has 0 saturated carbocycles. The largest absolute Gasteiger partial charge is 0.368 e. The smallest absolute Gasteiger partial charge is 0.270 e. The predicted octanol–water partition coefficient (Wildman–Crippen LogP) is 3.67. The number of hydrogen-bond donors (Lipinski definition) is 0. The number of nitrogens with zero attached hydrogens (tertiary/aromatic N) is 4. The Bertz CT molecular complexity index is 985. The van der Waals surface area contributed by atoms with Gasteiger partial charge in [0, 0.05) is 63.1 Å². The molecule has 5 heteroatoms. The van der Waals surface area contributed by atoms with Gasteiger partial charge in [-0.15, -0.1) is 0 Å². The molecule has 0 aliphatic carbocycles. The molecular formula is C23H26N4O. The zero-order chi connectivity index (χ0) is 19.7. The van der Waals surface area contributed by atoms with E-state index in [2.05, 4.69) is 41.9 Å². The van der Waals surface area contributed by atoms with E-state index in [1.54, 1.807) is 12.4 Å². The molecule has 0 spiro atoms. The maximum atomic E-state index is 13.1. The molecular weight excluding hydrogens is 348 g/mol. The maximum absolute atomic E-state index is 13.1. The Morgan fingerprint density at radius 3 is 2.36 bits per heavy atom. The summed E-state index contributed by atoms with van der Waals surface area (Å²) in [5, 5.41) is 0. The first kappa shape index (κ1) is 18.3. The summed E-state index contributed by atoms with van der Waals surface area (Å²) in [4.78, 5) is 21.5. The van der Waals surface area contributed by atoms with E-state index in [0.29, 0.717) is 0 Å². The second-order valence-corrected chi connectivity index (χ2v) is 7.53. The highest BCUT2D eigenvalue weighted by Crippen LogP contribution is 2.25. The van der Waals surface area contributed by atoms with E-state index in [1.807, 2.05) is 40.9 Å². The second kappa shape index (κ2) is 7.50. The Morgan fingerprint density at radius 1 is 0.929 bits per heavy atom. The van der Waals surface area contributed by atoms with Crippen LogP contribution in [0.4, 0.5) is 5.69 Å². The number of carbonyl (C=O) groups excluding carboxylic acids is 1. The summed E-state index contributed by atoms with van der Waals surface area (Å²) in [6.07, 6.45) is 5.56. The topological polar surface area (TPSA) is 41.4 Å². The third-order valence-electron chi connectivity index (χ3n) is 5.51. The molecule has 1 aliphatic rings. The summed E-state index contributed by atoms with van der Waals surface area (Å²) in [5.41, 5.74) is 6.69. The molecule has 0 unspecified atom stereocenters. The number of pyridine rings is 1. The molecule has 0 atom stereocenters. The van der Waals surface area contributed by atoms with Crippen molar-refractivity contribution < 1.29 is 4.79 Å². The van der Waals surface area contributed by atoms with E-state index in [4.69, 9.17) is 0 Å². The van der Waals surface area contributed by atoms with Crippen LogP contribution >= 0.6 is 0 Å². The molecule has 0 radical (unpaired) electrons. The Hall–Kier alpha value is -3.08. The first-order valence-electron chi connectivity index (χ1n) is 9.71. The normalized spacial score (nSPS) is 14.4. The zero-order valence-corrected chi connectivity index (χ0v) is 16.7. The molecule has 1 saturated heterocycles. The summed E-state index contributed by atoms with van der Waals surface area (Å²) < 4.78 is 1.93. The molecule has 4 rings (SSSR count). The van der Waals surface area contributed by atoms with Crippen LogP contribution in [0.25, 0.3) is 11.1 Å². The SMILES string of the molecule is Cc1ccc(C)c(N2CCN(C(=O)c3cc(-c4ccncc4)cn3C)CC2)c1. The lowest BCUT2D eigenvalue weighted by Crippen LogP contribution is -2.49. The van der Waals surface area contributed by atoms with Gasteiger partial charge in [0.2, 0.25) is 0 Å². The van der Waals surface area contributed by atoms with Crippen molar-refractivity contribution in [1.82, 2.24) is 14.5 Å². The average molecular weight is 374 g/mol. The lowest BCUT2D eigenvalue weighted by molar-refractivity contribution is 0.0737. The number of aryl methyl sites for hydroxylation is 3. The average Bonchev–Trinajstić information content (AvgIpc) is 3.12. The van der Waals surface area contributed by atoms with Gasteiger partial charge in [-0.05, 0) is 54.8 Å². The van der Waals surface area contributed by atoms with E-state index >= 15 is 0 Å². The number of carbonyl (C=O) groups is 1. The fourth-order valence-corrected chi connectivity index (χ4v) is 3.85. The Morgan fingerprint density at radius 2 is 1.64 bits per heavy atom. The highest BCUT2D eigenvalue weighted by atomic mass is 16.2. The van der Waals surface area contributed by atoms with Gasteiger partial charge < -0.3 is 14.4 Å². The highest BCUT2D eigenvalue weighted by molar-refractivity contribution is 5.94. The molecule has 3 heterocycles. The highest BCUT2D eigenvalue weighted by Gasteiger charge is 2.25. The van der Waals surface area contributed by atoms with Gasteiger partial charge in [-0.2, -0.15) is 0 Å². The van der Waals surface area contributed by atoms with Crippen molar-refractivity contribution in [3.8, 4) is 11.1 Å². The number of rotatable bonds is 3. The molecule has 0 bridgehead atoms. The zero-order valence-electron chi connectivity index (χ0n) is 16.7. The molecule has 3 aromatic rings. The maximum Gasteiger partial charge on any atom is 0.270 e. The summed E-state index contributed by atoms with van der Waals surface area (Å²) in [7, 11) is 1.93. The third-order valence-corrected chi connectivity index (χ3v) is 5.51. The van der Waals surface area contributed by atoms with Gasteiger partial charge >= 0.3 is 0 Å². The van der Waals surface area contributed by atoms with Gasteiger partial charge in [0.25, 0.3) is 5.91 Å². The fraction of sp³-hybridized carbons (Fsp3) is 0.304. The first-order chi connectivity index (χ1) is 13.5. The molecule has 5 nitrogen and oxygen atoms in total. The number of aromatic nitrogens is 2. The lowest BCUT2D eigenvalue weighted by atomic mass is 10.1.